The first-order chi connectivity index (χ1) is 22.3. The highest BCUT2D eigenvalue weighted by atomic mass is 32.2. The second kappa shape index (κ2) is 13.4. The van der Waals surface area contributed by atoms with Crippen LogP contribution in [-0.4, -0.2) is 46.3 Å². The maximum atomic E-state index is 13.8. The van der Waals surface area contributed by atoms with Crippen LogP contribution in [0.25, 0.3) is 5.76 Å². The summed E-state index contributed by atoms with van der Waals surface area (Å²) in [7, 11) is 0. The summed E-state index contributed by atoms with van der Waals surface area (Å²) in [4.78, 5) is 28.9. The molecule has 0 unspecified atom stereocenters. The summed E-state index contributed by atoms with van der Waals surface area (Å²) in [6.45, 7) is 10.2. The summed E-state index contributed by atoms with van der Waals surface area (Å²) < 4.78 is 18.1. The zero-order valence-corrected chi connectivity index (χ0v) is 27.3. The normalized spacial score (nSPS) is 18.4. The van der Waals surface area contributed by atoms with Crippen LogP contribution in [0.2, 0.25) is 0 Å². The fourth-order valence-electron chi connectivity index (χ4n) is 5.49. The van der Waals surface area contributed by atoms with E-state index in [1.54, 1.807) is 42.5 Å². The van der Waals surface area contributed by atoms with E-state index in [-0.39, 0.29) is 29.2 Å². The first kappa shape index (κ1) is 31.4. The molecule has 1 fully saturated rings. The van der Waals surface area contributed by atoms with Crippen LogP contribution in [0.3, 0.4) is 0 Å². The number of nitrogens with zero attached hydrogens (tertiary/aromatic N) is 3. The van der Waals surface area contributed by atoms with Gasteiger partial charge in [-0.3, -0.25) is 14.5 Å². The standard InChI is InChI=1S/C35H33N3O6S2/c1-5-15-43-27-14-11-23(18-28(27)42-6-2)30-29(31(39)24-12-13-26-25(17-24)16-21(4)44-26)32(40)33(41)38(30)34-36-37-35(46-34)45-19-22-9-7-20(3)8-10-22/h5,7-14,17-18,21,30,39H,1,6,15-16,19H2,2-4H3/t21-,30+/m1/s1. The molecule has 3 aromatic carbocycles. The molecule has 236 valence electrons. The van der Waals surface area contributed by atoms with Crippen molar-refractivity contribution in [3.63, 3.8) is 0 Å². The predicted molar refractivity (Wildman–Crippen MR) is 179 cm³/mol. The van der Waals surface area contributed by atoms with Gasteiger partial charge in [0.05, 0.1) is 18.2 Å². The topological polar surface area (TPSA) is 111 Å². The molecule has 0 bridgehead atoms. The van der Waals surface area contributed by atoms with Crippen LogP contribution in [0.4, 0.5) is 5.13 Å². The first-order valence-corrected chi connectivity index (χ1v) is 16.7. The maximum absolute atomic E-state index is 13.8. The molecule has 6 rings (SSSR count). The van der Waals surface area contributed by atoms with Gasteiger partial charge in [0.2, 0.25) is 5.13 Å². The lowest BCUT2D eigenvalue weighted by atomic mass is 9.94. The molecule has 0 spiro atoms. The number of carbonyl (C=O) groups excluding carboxylic acids is 2. The monoisotopic (exact) mass is 655 g/mol. The van der Waals surface area contributed by atoms with Crippen molar-refractivity contribution in [1.29, 1.82) is 0 Å². The number of rotatable bonds is 11. The van der Waals surface area contributed by atoms with Crippen LogP contribution in [0.15, 0.2) is 83.2 Å². The van der Waals surface area contributed by atoms with Crippen molar-refractivity contribution in [2.24, 2.45) is 0 Å². The number of hydrogen-bond acceptors (Lipinski definition) is 10. The van der Waals surface area contributed by atoms with Crippen LogP contribution in [0, 0.1) is 6.92 Å². The minimum Gasteiger partial charge on any atom is -0.507 e. The molecule has 1 N–H and O–H groups in total. The number of fused-ring (bicyclic) bond motifs is 1. The summed E-state index contributed by atoms with van der Waals surface area (Å²) >= 11 is 2.71. The fraction of sp³-hybridized carbons (Fsp3) is 0.257. The van der Waals surface area contributed by atoms with E-state index in [4.69, 9.17) is 14.2 Å². The lowest BCUT2D eigenvalue weighted by Gasteiger charge is -2.23. The highest BCUT2D eigenvalue weighted by molar-refractivity contribution is 8.00. The smallest absolute Gasteiger partial charge is 0.301 e. The summed E-state index contributed by atoms with van der Waals surface area (Å²) in [5, 5.41) is 20.6. The number of thioether (sulfide) groups is 1. The van der Waals surface area contributed by atoms with Gasteiger partial charge in [-0.2, -0.15) is 0 Å². The highest BCUT2D eigenvalue weighted by Crippen LogP contribution is 2.46. The molecule has 2 aliphatic rings. The van der Waals surface area contributed by atoms with Crippen molar-refractivity contribution < 1.29 is 28.9 Å². The molecule has 1 aromatic heterocycles. The number of aromatic nitrogens is 2. The minimum atomic E-state index is -1.00. The Morgan fingerprint density at radius 1 is 1.11 bits per heavy atom. The average molecular weight is 656 g/mol. The number of carbonyl (C=O) groups is 2. The molecule has 3 heterocycles. The maximum Gasteiger partial charge on any atom is 0.301 e. The van der Waals surface area contributed by atoms with Gasteiger partial charge in [0, 0.05) is 17.7 Å². The van der Waals surface area contributed by atoms with Crippen molar-refractivity contribution in [3.05, 3.63) is 107 Å². The molecule has 2 aliphatic heterocycles. The van der Waals surface area contributed by atoms with Crippen LogP contribution in [0.1, 0.15) is 47.7 Å². The van der Waals surface area contributed by atoms with Gasteiger partial charge in [-0.1, -0.05) is 71.6 Å². The van der Waals surface area contributed by atoms with Gasteiger partial charge < -0.3 is 19.3 Å². The van der Waals surface area contributed by atoms with Gasteiger partial charge in [-0.05, 0) is 67.8 Å². The summed E-state index contributed by atoms with van der Waals surface area (Å²) in [6, 6.07) is 17.7. The van der Waals surface area contributed by atoms with Crippen molar-refractivity contribution in [2.45, 2.75) is 49.4 Å². The molecule has 2 atom stereocenters. The number of anilines is 1. The molecule has 4 aromatic rings. The molecular formula is C35H33N3O6S2. The number of aryl methyl sites for hydroxylation is 1. The van der Waals surface area contributed by atoms with Gasteiger partial charge in [0.25, 0.3) is 5.78 Å². The van der Waals surface area contributed by atoms with E-state index in [1.807, 2.05) is 20.8 Å². The highest BCUT2D eigenvalue weighted by Gasteiger charge is 2.48. The lowest BCUT2D eigenvalue weighted by molar-refractivity contribution is -0.132. The summed E-state index contributed by atoms with van der Waals surface area (Å²) in [5.41, 5.74) is 4.13. The molecular weight excluding hydrogens is 623 g/mol. The van der Waals surface area contributed by atoms with Crippen LogP contribution in [-0.2, 0) is 21.8 Å². The number of aliphatic hydroxyl groups excluding tert-OH is 1. The van der Waals surface area contributed by atoms with E-state index >= 15 is 0 Å². The number of amides is 1. The Hall–Kier alpha value is -4.61. The zero-order valence-electron chi connectivity index (χ0n) is 25.7. The van der Waals surface area contributed by atoms with Crippen molar-refractivity contribution >= 4 is 45.7 Å². The number of aliphatic hydroxyl groups is 1. The minimum absolute atomic E-state index is 0.00672. The number of ketones is 1. The molecule has 0 radical (unpaired) electrons. The van der Waals surface area contributed by atoms with E-state index < -0.39 is 17.7 Å². The number of Topliss-reactive ketones (excluding diaryl/α,β-unsaturated/α-hetero) is 1. The number of ether oxygens (including phenoxy) is 3. The molecule has 0 aliphatic carbocycles. The van der Waals surface area contributed by atoms with Crippen LogP contribution in [0.5, 0.6) is 17.2 Å². The van der Waals surface area contributed by atoms with E-state index in [2.05, 4.69) is 41.0 Å². The molecule has 1 saturated heterocycles. The first-order valence-electron chi connectivity index (χ1n) is 14.9. The quantitative estimate of drug-likeness (QED) is 0.0454. The van der Waals surface area contributed by atoms with Gasteiger partial charge in [0.1, 0.15) is 24.2 Å². The predicted octanol–water partition coefficient (Wildman–Crippen LogP) is 7.05. The molecule has 11 heteroatoms. The van der Waals surface area contributed by atoms with Gasteiger partial charge in [0.15, 0.2) is 15.8 Å². The number of hydrogen-bond donors (Lipinski definition) is 1. The Labute approximate surface area is 275 Å². The third kappa shape index (κ3) is 6.25. The summed E-state index contributed by atoms with van der Waals surface area (Å²) in [6.07, 6.45) is 2.31. The fourth-order valence-corrected chi connectivity index (χ4v) is 7.31. The van der Waals surface area contributed by atoms with Gasteiger partial charge >= 0.3 is 5.91 Å². The SMILES string of the molecule is C=CCOc1ccc([C@H]2C(=C(O)c3ccc4c(c3)C[C@@H](C)O4)C(=O)C(=O)N2c2nnc(SCc3ccc(C)cc3)s2)cc1OCC. The van der Waals surface area contributed by atoms with Crippen LogP contribution < -0.4 is 19.1 Å². The second-order valence-electron chi connectivity index (χ2n) is 11.0. The average Bonchev–Trinajstić information content (AvgIpc) is 3.74. The van der Waals surface area contributed by atoms with Crippen molar-refractivity contribution in [3.8, 4) is 17.2 Å². The van der Waals surface area contributed by atoms with E-state index in [0.717, 1.165) is 16.9 Å². The number of benzene rings is 3. The van der Waals surface area contributed by atoms with E-state index in [9.17, 15) is 14.7 Å². The third-order valence-corrected chi connectivity index (χ3v) is 9.77. The zero-order chi connectivity index (χ0) is 32.4. The molecule has 9 nitrogen and oxygen atoms in total. The lowest BCUT2D eigenvalue weighted by Crippen LogP contribution is -2.29. The Kier molecular flexibility index (Phi) is 9.14. The largest absolute Gasteiger partial charge is 0.507 e. The third-order valence-electron chi connectivity index (χ3n) is 7.64. The van der Waals surface area contributed by atoms with E-state index in [0.29, 0.717) is 45.7 Å². The molecule has 46 heavy (non-hydrogen) atoms. The Morgan fingerprint density at radius 3 is 2.67 bits per heavy atom. The van der Waals surface area contributed by atoms with E-state index in [1.165, 1.54) is 33.6 Å². The molecule has 0 saturated carbocycles. The van der Waals surface area contributed by atoms with Gasteiger partial charge in [-0.25, -0.2) is 0 Å². The Balaban J connectivity index is 1.42. The second-order valence-corrected chi connectivity index (χ2v) is 13.2. The molecule has 1 amide bonds. The van der Waals surface area contributed by atoms with Crippen molar-refractivity contribution in [2.75, 3.05) is 18.1 Å². The Morgan fingerprint density at radius 2 is 1.91 bits per heavy atom. The van der Waals surface area contributed by atoms with Gasteiger partial charge in [-0.15, -0.1) is 10.2 Å². The van der Waals surface area contributed by atoms with Crippen LogP contribution >= 0.6 is 23.1 Å². The van der Waals surface area contributed by atoms with Crippen molar-refractivity contribution in [1.82, 2.24) is 10.2 Å². The Bertz CT molecular complexity index is 1830. The summed E-state index contributed by atoms with van der Waals surface area (Å²) in [5.74, 6) is 0.423.